The van der Waals surface area contributed by atoms with Crippen LogP contribution >= 0.6 is 11.6 Å². The van der Waals surface area contributed by atoms with Crippen LogP contribution in [0, 0.1) is 0 Å². The van der Waals surface area contributed by atoms with Gasteiger partial charge in [-0.25, -0.2) is 0 Å². The van der Waals surface area contributed by atoms with Gasteiger partial charge in [-0.1, -0.05) is 29.8 Å². The molecule has 2 unspecified atom stereocenters. The highest BCUT2D eigenvalue weighted by atomic mass is 35.5. The third-order valence-corrected chi connectivity index (χ3v) is 5.20. The topological polar surface area (TPSA) is 69.1 Å². The molecular weight excluding hydrogens is 388 g/mol. The lowest BCUT2D eigenvalue weighted by atomic mass is 10.1. The van der Waals surface area contributed by atoms with Crippen molar-refractivity contribution in [2.24, 2.45) is 4.99 Å². The zero-order chi connectivity index (χ0) is 20.6. The van der Waals surface area contributed by atoms with Crippen LogP contribution in [0.1, 0.15) is 25.0 Å². The number of benzene rings is 2. The first kappa shape index (κ1) is 21.3. The van der Waals surface area contributed by atoms with Crippen LogP contribution in [0.25, 0.3) is 0 Å². The molecule has 0 amide bonds. The predicted octanol–water partition coefficient (Wildman–Crippen LogP) is 3.22. The van der Waals surface area contributed by atoms with E-state index in [4.69, 9.17) is 16.3 Å². The molecule has 3 rings (SSSR count). The number of ether oxygens (including phenoxy) is 1. The monoisotopic (exact) mass is 416 g/mol. The standard InChI is InChI=1S/C22H29ClN4O2/c1-3-24-22(25-14-21(28)16-7-9-20(29-2)10-8-16)26-18-11-12-27(15-18)19-6-4-5-17(23)13-19/h4-10,13,18,21,28H,3,11-12,14-15H2,1-2H3,(H2,24,25,26). The zero-order valence-electron chi connectivity index (χ0n) is 16.9. The van der Waals surface area contributed by atoms with E-state index in [0.29, 0.717) is 0 Å². The molecule has 1 aliphatic heterocycles. The smallest absolute Gasteiger partial charge is 0.191 e. The largest absolute Gasteiger partial charge is 0.497 e. The number of nitrogens with one attached hydrogen (secondary N) is 2. The van der Waals surface area contributed by atoms with Crippen LogP contribution in [0.2, 0.25) is 5.02 Å². The summed E-state index contributed by atoms with van der Waals surface area (Å²) in [5.74, 6) is 1.49. The maximum atomic E-state index is 10.5. The molecule has 6 nitrogen and oxygen atoms in total. The van der Waals surface area contributed by atoms with E-state index in [1.165, 1.54) is 0 Å². The van der Waals surface area contributed by atoms with Gasteiger partial charge in [0.25, 0.3) is 0 Å². The Hall–Kier alpha value is -2.44. The van der Waals surface area contributed by atoms with Crippen LogP contribution < -0.4 is 20.3 Å². The Morgan fingerprint density at radius 3 is 2.79 bits per heavy atom. The Balaban J connectivity index is 1.57. The summed E-state index contributed by atoms with van der Waals surface area (Å²) in [6, 6.07) is 15.6. The molecule has 1 heterocycles. The molecule has 0 radical (unpaired) electrons. The molecule has 1 fully saturated rings. The molecule has 0 saturated carbocycles. The van der Waals surface area contributed by atoms with Crippen LogP contribution in [0.4, 0.5) is 5.69 Å². The van der Waals surface area contributed by atoms with Gasteiger partial charge in [-0.05, 0) is 49.2 Å². The van der Waals surface area contributed by atoms with E-state index in [-0.39, 0.29) is 12.6 Å². The van der Waals surface area contributed by atoms with Crippen molar-refractivity contribution >= 4 is 23.2 Å². The van der Waals surface area contributed by atoms with Crippen LogP contribution in [-0.2, 0) is 0 Å². The van der Waals surface area contributed by atoms with Gasteiger partial charge in [-0.3, -0.25) is 4.99 Å². The number of nitrogens with zero attached hydrogens (tertiary/aromatic N) is 2. The number of aliphatic hydroxyl groups is 1. The van der Waals surface area contributed by atoms with E-state index in [0.717, 1.165) is 54.0 Å². The average molecular weight is 417 g/mol. The van der Waals surface area contributed by atoms with Gasteiger partial charge in [0.2, 0.25) is 0 Å². The van der Waals surface area contributed by atoms with Crippen LogP contribution in [0.5, 0.6) is 5.75 Å². The first-order valence-corrected chi connectivity index (χ1v) is 10.3. The van der Waals surface area contributed by atoms with Crippen molar-refractivity contribution in [3.63, 3.8) is 0 Å². The lowest BCUT2D eigenvalue weighted by molar-refractivity contribution is 0.187. The second-order valence-corrected chi connectivity index (χ2v) is 7.50. The fourth-order valence-electron chi connectivity index (χ4n) is 3.41. The summed E-state index contributed by atoms with van der Waals surface area (Å²) in [5.41, 5.74) is 1.96. The number of hydrogen-bond acceptors (Lipinski definition) is 4. The van der Waals surface area contributed by atoms with Crippen molar-refractivity contribution in [3.8, 4) is 5.75 Å². The molecule has 29 heavy (non-hydrogen) atoms. The molecule has 2 atom stereocenters. The number of aliphatic hydroxyl groups excluding tert-OH is 1. The van der Waals surface area contributed by atoms with Crippen molar-refractivity contribution < 1.29 is 9.84 Å². The Morgan fingerprint density at radius 2 is 2.10 bits per heavy atom. The van der Waals surface area contributed by atoms with Gasteiger partial charge in [0.15, 0.2) is 5.96 Å². The van der Waals surface area contributed by atoms with Gasteiger partial charge in [0, 0.05) is 36.4 Å². The van der Waals surface area contributed by atoms with Crippen molar-refractivity contribution in [3.05, 3.63) is 59.1 Å². The minimum atomic E-state index is -0.664. The number of methoxy groups -OCH3 is 1. The van der Waals surface area contributed by atoms with Gasteiger partial charge in [-0.15, -0.1) is 0 Å². The third kappa shape index (κ3) is 6.02. The molecule has 1 aliphatic rings. The molecule has 1 saturated heterocycles. The van der Waals surface area contributed by atoms with Crippen LogP contribution in [-0.4, -0.2) is 50.4 Å². The quantitative estimate of drug-likeness (QED) is 0.477. The van der Waals surface area contributed by atoms with E-state index in [2.05, 4.69) is 26.6 Å². The minimum Gasteiger partial charge on any atom is -0.497 e. The van der Waals surface area contributed by atoms with Crippen molar-refractivity contribution in [2.45, 2.75) is 25.5 Å². The Morgan fingerprint density at radius 1 is 1.31 bits per heavy atom. The zero-order valence-corrected chi connectivity index (χ0v) is 17.7. The van der Waals surface area contributed by atoms with E-state index in [1.54, 1.807) is 7.11 Å². The Labute approximate surface area is 177 Å². The van der Waals surface area contributed by atoms with Gasteiger partial charge in [0.05, 0.1) is 19.8 Å². The summed E-state index contributed by atoms with van der Waals surface area (Å²) in [6.07, 6.45) is 0.348. The van der Waals surface area contributed by atoms with E-state index in [1.807, 2.05) is 49.4 Å². The van der Waals surface area contributed by atoms with Gasteiger partial charge in [-0.2, -0.15) is 0 Å². The maximum absolute atomic E-state index is 10.5. The molecule has 0 spiro atoms. The molecule has 2 aromatic carbocycles. The molecule has 0 aromatic heterocycles. The molecular formula is C22H29ClN4O2. The molecule has 2 aromatic rings. The minimum absolute atomic E-state index is 0.282. The van der Waals surface area contributed by atoms with E-state index >= 15 is 0 Å². The van der Waals surface area contributed by atoms with Gasteiger partial charge < -0.3 is 25.4 Å². The SMILES string of the molecule is CCNC(=NCC(O)c1ccc(OC)cc1)NC1CCN(c2cccc(Cl)c2)C1. The van der Waals surface area contributed by atoms with E-state index < -0.39 is 6.10 Å². The highest BCUT2D eigenvalue weighted by molar-refractivity contribution is 6.30. The second-order valence-electron chi connectivity index (χ2n) is 7.06. The number of rotatable bonds is 7. The summed E-state index contributed by atoms with van der Waals surface area (Å²) in [5, 5.41) is 18.0. The highest BCUT2D eigenvalue weighted by Crippen LogP contribution is 2.23. The van der Waals surface area contributed by atoms with Crippen LogP contribution in [0.3, 0.4) is 0 Å². The van der Waals surface area contributed by atoms with E-state index in [9.17, 15) is 5.11 Å². The molecule has 7 heteroatoms. The predicted molar refractivity (Wildman–Crippen MR) is 119 cm³/mol. The summed E-state index contributed by atoms with van der Waals surface area (Å²) in [6.45, 7) is 4.92. The van der Waals surface area contributed by atoms with Gasteiger partial charge >= 0.3 is 0 Å². The highest BCUT2D eigenvalue weighted by Gasteiger charge is 2.23. The number of aliphatic imine (C=N–C) groups is 1. The third-order valence-electron chi connectivity index (χ3n) is 4.97. The lowest BCUT2D eigenvalue weighted by Gasteiger charge is -2.21. The second kappa shape index (κ2) is 10.4. The lowest BCUT2D eigenvalue weighted by Crippen LogP contribution is -2.44. The normalized spacial score (nSPS) is 17.9. The average Bonchev–Trinajstić information content (AvgIpc) is 3.20. The van der Waals surface area contributed by atoms with Crippen molar-refractivity contribution in [1.29, 1.82) is 0 Å². The molecule has 0 bridgehead atoms. The molecule has 0 aliphatic carbocycles. The fourth-order valence-corrected chi connectivity index (χ4v) is 3.59. The van der Waals surface area contributed by atoms with Crippen molar-refractivity contribution in [1.82, 2.24) is 10.6 Å². The fraction of sp³-hybridized carbons (Fsp3) is 0.409. The Bertz CT molecular complexity index is 813. The number of guanidine groups is 1. The number of anilines is 1. The number of halogens is 1. The maximum Gasteiger partial charge on any atom is 0.191 e. The Kier molecular flexibility index (Phi) is 7.61. The summed E-state index contributed by atoms with van der Waals surface area (Å²) in [7, 11) is 1.63. The van der Waals surface area contributed by atoms with Gasteiger partial charge in [0.1, 0.15) is 5.75 Å². The molecule has 3 N–H and O–H groups in total. The molecule has 156 valence electrons. The summed E-state index contributed by atoms with van der Waals surface area (Å²) >= 11 is 6.12. The summed E-state index contributed by atoms with van der Waals surface area (Å²) < 4.78 is 5.16. The van der Waals surface area contributed by atoms with Crippen LogP contribution in [0.15, 0.2) is 53.5 Å². The summed E-state index contributed by atoms with van der Waals surface area (Å²) in [4.78, 5) is 6.90. The first-order chi connectivity index (χ1) is 14.1. The first-order valence-electron chi connectivity index (χ1n) is 9.96. The van der Waals surface area contributed by atoms with Crippen molar-refractivity contribution in [2.75, 3.05) is 38.2 Å². The number of hydrogen-bond donors (Lipinski definition) is 3.